The number of aromatic nitrogens is 1. The van der Waals surface area contributed by atoms with Crippen molar-refractivity contribution in [2.45, 2.75) is 24.1 Å². The molecule has 1 aromatic heterocycles. The van der Waals surface area contributed by atoms with Gasteiger partial charge in [0, 0.05) is 11.9 Å². The fourth-order valence-corrected chi connectivity index (χ4v) is 3.66. The second-order valence-corrected chi connectivity index (χ2v) is 6.29. The van der Waals surface area contributed by atoms with Gasteiger partial charge < -0.3 is 4.74 Å². The number of ether oxygens (including phenoxy) is 1. The maximum Gasteiger partial charge on any atom is 0.150 e. The van der Waals surface area contributed by atoms with Gasteiger partial charge in [-0.2, -0.15) is 0 Å². The summed E-state index contributed by atoms with van der Waals surface area (Å²) in [5, 5.41) is 0. The van der Waals surface area contributed by atoms with Crippen LogP contribution in [0.2, 0.25) is 0 Å². The van der Waals surface area contributed by atoms with Crippen molar-refractivity contribution in [2.75, 3.05) is 12.9 Å². The fourth-order valence-electron chi connectivity index (χ4n) is 1.52. The average molecular weight is 279 g/mol. The highest BCUT2D eigenvalue weighted by Crippen LogP contribution is 2.32. The Balaban J connectivity index is 2.04. The van der Waals surface area contributed by atoms with Crippen molar-refractivity contribution in [3.63, 3.8) is 0 Å². The summed E-state index contributed by atoms with van der Waals surface area (Å²) in [4.78, 5) is 5.68. The summed E-state index contributed by atoms with van der Waals surface area (Å²) in [6.45, 7) is 2.21. The number of thiazole rings is 1. The first-order valence-corrected chi connectivity index (χ1v) is 7.86. The van der Waals surface area contributed by atoms with E-state index in [2.05, 4.69) is 24.0 Å². The first kappa shape index (κ1) is 13.4. The first-order chi connectivity index (χ1) is 8.83. The van der Waals surface area contributed by atoms with Gasteiger partial charge in [-0.1, -0.05) is 25.1 Å². The third kappa shape index (κ3) is 3.50. The van der Waals surface area contributed by atoms with Crippen molar-refractivity contribution < 1.29 is 4.74 Å². The highest BCUT2D eigenvalue weighted by Gasteiger charge is 2.05. The second kappa shape index (κ2) is 6.81. The van der Waals surface area contributed by atoms with E-state index in [0.29, 0.717) is 0 Å². The van der Waals surface area contributed by atoms with Crippen LogP contribution in [0.15, 0.2) is 34.8 Å². The van der Waals surface area contributed by atoms with Gasteiger partial charge in [-0.25, -0.2) is 4.98 Å². The molecule has 0 bridgehead atoms. The molecule has 0 spiro atoms. The molecule has 0 atom stereocenters. The van der Waals surface area contributed by atoms with Crippen molar-refractivity contribution >= 4 is 23.1 Å². The van der Waals surface area contributed by atoms with E-state index in [1.807, 2.05) is 30.1 Å². The number of rotatable bonds is 6. The Morgan fingerprint density at radius 3 is 2.72 bits per heavy atom. The number of nitrogens with zero attached hydrogens (tertiary/aromatic N) is 1. The summed E-state index contributed by atoms with van der Waals surface area (Å²) in [5.41, 5.74) is 1.20. The van der Waals surface area contributed by atoms with Crippen molar-refractivity contribution in [1.29, 1.82) is 0 Å². The number of hydrogen-bond acceptors (Lipinski definition) is 4. The minimum atomic E-state index is 0.890. The molecule has 0 amide bonds. The van der Waals surface area contributed by atoms with Crippen molar-refractivity contribution in [3.05, 3.63) is 30.5 Å². The molecule has 0 aliphatic carbocycles. The molecule has 18 heavy (non-hydrogen) atoms. The monoisotopic (exact) mass is 279 g/mol. The van der Waals surface area contributed by atoms with Crippen LogP contribution in [0, 0.1) is 0 Å². The minimum absolute atomic E-state index is 0.890. The van der Waals surface area contributed by atoms with Gasteiger partial charge in [0.05, 0.1) is 12.0 Å². The van der Waals surface area contributed by atoms with Gasteiger partial charge in [0.2, 0.25) is 0 Å². The van der Waals surface area contributed by atoms with E-state index >= 15 is 0 Å². The van der Waals surface area contributed by atoms with Crippen molar-refractivity contribution in [1.82, 2.24) is 4.98 Å². The Hall–Kier alpha value is -1.000. The lowest BCUT2D eigenvalue weighted by Gasteiger charge is -2.00. The van der Waals surface area contributed by atoms with Crippen molar-refractivity contribution in [2.24, 2.45) is 0 Å². The molecule has 0 fully saturated rings. The normalized spacial score (nSPS) is 10.6. The van der Waals surface area contributed by atoms with E-state index in [9.17, 15) is 0 Å². The van der Waals surface area contributed by atoms with Gasteiger partial charge in [-0.05, 0) is 36.2 Å². The molecule has 2 aromatic rings. The zero-order chi connectivity index (χ0) is 12.8. The van der Waals surface area contributed by atoms with Gasteiger partial charge in [-0.15, -0.1) is 11.3 Å². The van der Waals surface area contributed by atoms with E-state index in [4.69, 9.17) is 4.74 Å². The minimum Gasteiger partial charge on any atom is -0.497 e. The third-order valence-corrected chi connectivity index (χ3v) is 4.87. The molecule has 1 heterocycles. The molecule has 0 N–H and O–H groups in total. The van der Waals surface area contributed by atoms with Gasteiger partial charge in [0.15, 0.2) is 0 Å². The molecular formula is C14H17NOS2. The molecule has 1 aromatic carbocycles. The Morgan fingerprint density at radius 2 is 2.06 bits per heavy atom. The lowest BCUT2D eigenvalue weighted by molar-refractivity contribution is 0.415. The SMILES string of the molecule is CCCCSc1ncc(-c2ccc(OC)cc2)s1. The number of unbranched alkanes of at least 4 members (excludes halogenated alkanes) is 1. The summed E-state index contributed by atoms with van der Waals surface area (Å²) < 4.78 is 6.32. The fraction of sp³-hybridized carbons (Fsp3) is 0.357. The Morgan fingerprint density at radius 1 is 1.28 bits per heavy atom. The highest BCUT2D eigenvalue weighted by atomic mass is 32.2. The summed E-state index contributed by atoms with van der Waals surface area (Å²) in [6.07, 6.45) is 4.45. The molecule has 4 heteroatoms. The quantitative estimate of drug-likeness (QED) is 0.564. The van der Waals surface area contributed by atoms with Crippen LogP contribution in [0.3, 0.4) is 0 Å². The standard InChI is InChI=1S/C14H17NOS2/c1-3-4-9-17-14-15-10-13(18-14)11-5-7-12(16-2)8-6-11/h5-8,10H,3-4,9H2,1-2H3. The van der Waals surface area contributed by atoms with Crippen molar-refractivity contribution in [3.8, 4) is 16.2 Å². The van der Waals surface area contributed by atoms with Crippen LogP contribution in [-0.4, -0.2) is 17.8 Å². The smallest absolute Gasteiger partial charge is 0.150 e. The lowest BCUT2D eigenvalue weighted by atomic mass is 10.2. The Labute approximate surface area is 116 Å². The van der Waals surface area contributed by atoms with E-state index in [-0.39, 0.29) is 0 Å². The summed E-state index contributed by atoms with van der Waals surface area (Å²) >= 11 is 3.61. The van der Waals surface area contributed by atoms with Crippen LogP contribution in [0.5, 0.6) is 5.75 Å². The summed E-state index contributed by atoms with van der Waals surface area (Å²) in [7, 11) is 1.68. The van der Waals surface area contributed by atoms with E-state index in [1.54, 1.807) is 18.4 Å². The van der Waals surface area contributed by atoms with Gasteiger partial charge in [-0.3, -0.25) is 0 Å². The number of thioether (sulfide) groups is 1. The molecule has 0 saturated carbocycles. The van der Waals surface area contributed by atoms with Crippen LogP contribution >= 0.6 is 23.1 Å². The van der Waals surface area contributed by atoms with Crippen LogP contribution in [-0.2, 0) is 0 Å². The largest absolute Gasteiger partial charge is 0.497 e. The summed E-state index contributed by atoms with van der Waals surface area (Å²) in [5.74, 6) is 2.05. The molecule has 0 aliphatic rings. The number of methoxy groups -OCH3 is 1. The van der Waals surface area contributed by atoms with Crippen LogP contribution < -0.4 is 4.74 Å². The zero-order valence-electron chi connectivity index (χ0n) is 10.7. The topological polar surface area (TPSA) is 22.1 Å². The lowest BCUT2D eigenvalue weighted by Crippen LogP contribution is -1.81. The molecule has 0 saturated heterocycles. The molecular weight excluding hydrogens is 262 g/mol. The van der Waals surface area contributed by atoms with Gasteiger partial charge >= 0.3 is 0 Å². The highest BCUT2D eigenvalue weighted by molar-refractivity contribution is 8.01. The summed E-state index contributed by atoms with van der Waals surface area (Å²) in [6, 6.07) is 8.12. The Bertz CT molecular complexity index is 479. The van der Waals surface area contributed by atoms with Gasteiger partial charge in [0.25, 0.3) is 0 Å². The molecule has 0 radical (unpaired) electrons. The van der Waals surface area contributed by atoms with Crippen LogP contribution in [0.25, 0.3) is 10.4 Å². The van der Waals surface area contributed by atoms with E-state index in [0.717, 1.165) is 15.8 Å². The van der Waals surface area contributed by atoms with Crippen LogP contribution in [0.1, 0.15) is 19.8 Å². The average Bonchev–Trinajstić information content (AvgIpc) is 2.88. The maximum atomic E-state index is 5.16. The van der Waals surface area contributed by atoms with E-state index in [1.165, 1.54) is 23.3 Å². The molecule has 2 rings (SSSR count). The molecule has 2 nitrogen and oxygen atoms in total. The second-order valence-electron chi connectivity index (χ2n) is 3.92. The number of hydrogen-bond donors (Lipinski definition) is 0. The maximum absolute atomic E-state index is 5.16. The predicted molar refractivity (Wildman–Crippen MR) is 79.7 cm³/mol. The zero-order valence-corrected chi connectivity index (χ0v) is 12.3. The van der Waals surface area contributed by atoms with Gasteiger partial charge in [0.1, 0.15) is 10.1 Å². The number of benzene rings is 1. The van der Waals surface area contributed by atoms with E-state index < -0.39 is 0 Å². The molecule has 0 aliphatic heterocycles. The predicted octanol–water partition coefficient (Wildman–Crippen LogP) is 4.71. The van der Waals surface area contributed by atoms with Crippen LogP contribution in [0.4, 0.5) is 0 Å². The molecule has 96 valence electrons. The third-order valence-electron chi connectivity index (χ3n) is 2.58. The first-order valence-electron chi connectivity index (χ1n) is 6.06. The Kier molecular flexibility index (Phi) is 5.08. The molecule has 0 unspecified atom stereocenters.